The van der Waals surface area contributed by atoms with Crippen LogP contribution in [0.3, 0.4) is 0 Å². The van der Waals surface area contributed by atoms with Gasteiger partial charge in [0.1, 0.15) is 5.75 Å². The number of carbonyl (C=O) groups is 1. The first-order chi connectivity index (χ1) is 13.6. The molecule has 3 aromatic rings. The van der Waals surface area contributed by atoms with Crippen LogP contribution in [0.15, 0.2) is 54.6 Å². The van der Waals surface area contributed by atoms with Gasteiger partial charge in [-0.2, -0.15) is 0 Å². The van der Waals surface area contributed by atoms with E-state index in [9.17, 15) is 4.79 Å². The molecule has 0 aromatic heterocycles. The maximum Gasteiger partial charge on any atom is 0.258 e. The van der Waals surface area contributed by atoms with Gasteiger partial charge in [-0.15, -0.1) is 0 Å². The van der Waals surface area contributed by atoms with E-state index in [0.717, 1.165) is 16.3 Å². The highest BCUT2D eigenvalue weighted by Gasteiger charge is 2.12. The first kappa shape index (κ1) is 19.8. The van der Waals surface area contributed by atoms with Crippen molar-refractivity contribution >= 4 is 28.3 Å². The number of amides is 1. The predicted molar refractivity (Wildman–Crippen MR) is 110 cm³/mol. The van der Waals surface area contributed by atoms with Crippen LogP contribution in [0, 0.1) is 0 Å². The topological polar surface area (TPSA) is 56.8 Å². The Morgan fingerprint density at radius 3 is 2.57 bits per heavy atom. The van der Waals surface area contributed by atoms with Crippen molar-refractivity contribution in [2.75, 3.05) is 20.3 Å². The number of rotatable bonds is 8. The van der Waals surface area contributed by atoms with Crippen LogP contribution < -0.4 is 19.5 Å². The van der Waals surface area contributed by atoms with Crippen molar-refractivity contribution in [2.45, 2.75) is 13.5 Å². The third-order valence-corrected chi connectivity index (χ3v) is 4.44. The number of fused-ring (bicyclic) bond motifs is 1. The first-order valence-corrected chi connectivity index (χ1v) is 9.36. The lowest BCUT2D eigenvalue weighted by molar-refractivity contribution is -0.123. The Kier molecular flexibility index (Phi) is 6.61. The lowest BCUT2D eigenvalue weighted by Crippen LogP contribution is -2.28. The highest BCUT2D eigenvalue weighted by atomic mass is 35.5. The van der Waals surface area contributed by atoms with Gasteiger partial charge in [0.15, 0.2) is 18.1 Å². The van der Waals surface area contributed by atoms with E-state index in [1.807, 2.05) is 49.4 Å². The van der Waals surface area contributed by atoms with Crippen molar-refractivity contribution in [3.63, 3.8) is 0 Å². The Morgan fingerprint density at radius 2 is 1.82 bits per heavy atom. The van der Waals surface area contributed by atoms with Crippen LogP contribution >= 0.6 is 11.6 Å². The average molecular weight is 400 g/mol. The van der Waals surface area contributed by atoms with Gasteiger partial charge in [0.05, 0.1) is 18.7 Å². The highest BCUT2D eigenvalue weighted by Crippen LogP contribution is 2.36. The summed E-state index contributed by atoms with van der Waals surface area (Å²) in [6.07, 6.45) is 0. The summed E-state index contributed by atoms with van der Waals surface area (Å²) >= 11 is 6.25. The fraction of sp³-hybridized carbons (Fsp3) is 0.227. The van der Waals surface area contributed by atoms with Gasteiger partial charge in [-0.05, 0) is 47.5 Å². The van der Waals surface area contributed by atoms with Crippen molar-refractivity contribution in [1.82, 2.24) is 5.32 Å². The zero-order valence-corrected chi connectivity index (χ0v) is 16.6. The Bertz CT molecular complexity index is 974. The lowest BCUT2D eigenvalue weighted by Gasteiger charge is -2.14. The van der Waals surface area contributed by atoms with Gasteiger partial charge >= 0.3 is 0 Å². The number of ether oxygens (including phenoxy) is 3. The van der Waals surface area contributed by atoms with E-state index in [4.69, 9.17) is 25.8 Å². The minimum Gasteiger partial charge on any atom is -0.493 e. The summed E-state index contributed by atoms with van der Waals surface area (Å²) in [5.41, 5.74) is 0.810. The average Bonchev–Trinajstić information content (AvgIpc) is 2.72. The molecule has 28 heavy (non-hydrogen) atoms. The number of methoxy groups -OCH3 is 1. The standard InChI is InChI=1S/C22H22ClNO4/c1-3-27-22-19(23)10-15(11-20(22)26-2)13-24-21(25)14-28-18-9-8-16-6-4-5-7-17(16)12-18/h4-12H,3,13-14H2,1-2H3,(H,24,25). The number of nitrogens with one attached hydrogen (secondary N) is 1. The Balaban J connectivity index is 1.57. The predicted octanol–water partition coefficient (Wildman–Crippen LogP) is 4.60. The molecule has 3 aromatic carbocycles. The molecule has 0 saturated heterocycles. The SMILES string of the molecule is CCOc1c(Cl)cc(CNC(=O)COc2ccc3ccccc3c2)cc1OC. The minimum absolute atomic E-state index is 0.0692. The van der Waals surface area contributed by atoms with Crippen molar-refractivity contribution < 1.29 is 19.0 Å². The van der Waals surface area contributed by atoms with E-state index in [1.54, 1.807) is 19.2 Å². The second-order valence-electron chi connectivity index (χ2n) is 6.12. The normalized spacial score (nSPS) is 10.5. The van der Waals surface area contributed by atoms with Gasteiger partial charge in [0.25, 0.3) is 5.91 Å². The van der Waals surface area contributed by atoms with Crippen LogP contribution in [-0.4, -0.2) is 26.2 Å². The third kappa shape index (κ3) is 4.87. The molecular formula is C22H22ClNO4. The summed E-state index contributed by atoms with van der Waals surface area (Å²) in [6.45, 7) is 2.60. The van der Waals surface area contributed by atoms with Crippen molar-refractivity contribution in [1.29, 1.82) is 0 Å². The number of benzene rings is 3. The van der Waals surface area contributed by atoms with E-state index in [-0.39, 0.29) is 12.5 Å². The maximum absolute atomic E-state index is 12.1. The van der Waals surface area contributed by atoms with Crippen LogP contribution in [0.2, 0.25) is 5.02 Å². The molecule has 0 fully saturated rings. The van der Waals surface area contributed by atoms with E-state index in [2.05, 4.69) is 5.32 Å². The molecule has 0 aliphatic carbocycles. The molecule has 3 rings (SSSR count). The first-order valence-electron chi connectivity index (χ1n) is 8.98. The molecule has 0 radical (unpaired) electrons. The third-order valence-electron chi connectivity index (χ3n) is 4.16. The quantitative estimate of drug-likeness (QED) is 0.601. The summed E-state index contributed by atoms with van der Waals surface area (Å²) in [7, 11) is 1.55. The molecule has 0 atom stereocenters. The zero-order chi connectivity index (χ0) is 19.9. The number of hydrogen-bond acceptors (Lipinski definition) is 4. The van der Waals surface area contributed by atoms with E-state index in [1.165, 1.54) is 0 Å². The fourth-order valence-corrected chi connectivity index (χ4v) is 3.11. The van der Waals surface area contributed by atoms with E-state index < -0.39 is 0 Å². The summed E-state index contributed by atoms with van der Waals surface area (Å²) < 4.78 is 16.4. The largest absolute Gasteiger partial charge is 0.493 e. The Morgan fingerprint density at radius 1 is 1.04 bits per heavy atom. The van der Waals surface area contributed by atoms with Gasteiger partial charge in [-0.3, -0.25) is 4.79 Å². The van der Waals surface area contributed by atoms with Gasteiger partial charge in [-0.1, -0.05) is 41.9 Å². The molecule has 0 aliphatic rings. The molecule has 0 aliphatic heterocycles. The van der Waals surface area contributed by atoms with Crippen molar-refractivity contribution in [3.05, 3.63) is 65.2 Å². The molecule has 6 heteroatoms. The van der Waals surface area contributed by atoms with Crippen LogP contribution in [-0.2, 0) is 11.3 Å². The molecule has 146 valence electrons. The van der Waals surface area contributed by atoms with Crippen molar-refractivity contribution in [2.24, 2.45) is 0 Å². The van der Waals surface area contributed by atoms with Gasteiger partial charge in [0, 0.05) is 6.54 Å². The molecule has 0 unspecified atom stereocenters. The van der Waals surface area contributed by atoms with Crippen molar-refractivity contribution in [3.8, 4) is 17.2 Å². The maximum atomic E-state index is 12.1. The zero-order valence-electron chi connectivity index (χ0n) is 15.8. The lowest BCUT2D eigenvalue weighted by atomic mass is 10.1. The molecular weight excluding hydrogens is 378 g/mol. The molecule has 1 amide bonds. The molecule has 5 nitrogen and oxygen atoms in total. The molecule has 0 heterocycles. The van der Waals surface area contributed by atoms with Crippen LogP contribution in [0.1, 0.15) is 12.5 Å². The number of halogens is 1. The van der Waals surface area contributed by atoms with E-state index >= 15 is 0 Å². The minimum atomic E-state index is -0.225. The Hall–Kier alpha value is -2.92. The monoisotopic (exact) mass is 399 g/mol. The smallest absolute Gasteiger partial charge is 0.258 e. The van der Waals surface area contributed by atoms with E-state index in [0.29, 0.717) is 35.4 Å². The van der Waals surface area contributed by atoms with Crippen LogP contribution in [0.5, 0.6) is 17.2 Å². The number of carbonyl (C=O) groups excluding carboxylic acids is 1. The van der Waals surface area contributed by atoms with Crippen LogP contribution in [0.4, 0.5) is 0 Å². The van der Waals surface area contributed by atoms with Gasteiger partial charge in [0.2, 0.25) is 0 Å². The summed E-state index contributed by atoms with van der Waals surface area (Å²) in [5, 5.41) is 5.45. The van der Waals surface area contributed by atoms with Gasteiger partial charge < -0.3 is 19.5 Å². The molecule has 1 N–H and O–H groups in total. The molecule has 0 spiro atoms. The summed E-state index contributed by atoms with van der Waals surface area (Å²) in [4.78, 5) is 12.1. The van der Waals surface area contributed by atoms with Crippen LogP contribution in [0.25, 0.3) is 10.8 Å². The second-order valence-corrected chi connectivity index (χ2v) is 6.52. The number of hydrogen-bond donors (Lipinski definition) is 1. The highest BCUT2D eigenvalue weighted by molar-refractivity contribution is 6.32. The fourth-order valence-electron chi connectivity index (χ4n) is 2.82. The molecule has 0 bridgehead atoms. The van der Waals surface area contributed by atoms with Gasteiger partial charge in [-0.25, -0.2) is 0 Å². The molecule has 0 saturated carbocycles. The second kappa shape index (κ2) is 9.33. The summed E-state index contributed by atoms with van der Waals surface area (Å²) in [6, 6.07) is 17.3. The Labute approximate surface area is 169 Å². The summed E-state index contributed by atoms with van der Waals surface area (Å²) in [5.74, 6) is 1.46.